The molecule has 0 aliphatic rings. The van der Waals surface area contributed by atoms with Crippen LogP contribution in [-0.4, -0.2) is 19.2 Å². The van der Waals surface area contributed by atoms with Gasteiger partial charge < -0.3 is 9.50 Å². The minimum absolute atomic E-state index is 0.0244. The van der Waals surface area contributed by atoms with Gasteiger partial charge in [0.1, 0.15) is 10.6 Å². The topological polar surface area (TPSA) is 116 Å². The predicted molar refractivity (Wildman–Crippen MR) is 106 cm³/mol. The average molecular weight is 412 g/mol. The van der Waals surface area contributed by atoms with E-state index < -0.39 is 15.0 Å². The number of benzene rings is 3. The van der Waals surface area contributed by atoms with Crippen LogP contribution in [0.4, 0.5) is 11.4 Å². The van der Waals surface area contributed by atoms with E-state index >= 15 is 0 Å². The van der Waals surface area contributed by atoms with Gasteiger partial charge >= 0.3 is 10.1 Å². The Balaban J connectivity index is 1.73. The van der Waals surface area contributed by atoms with Gasteiger partial charge in [-0.1, -0.05) is 18.2 Å². The van der Waals surface area contributed by atoms with E-state index in [1.54, 1.807) is 6.07 Å². The number of anilines is 1. The molecule has 148 valence electrons. The second-order valence-electron chi connectivity index (χ2n) is 6.14. The van der Waals surface area contributed by atoms with Crippen molar-refractivity contribution in [2.45, 2.75) is 11.8 Å². The molecule has 0 unspecified atom stereocenters. The summed E-state index contributed by atoms with van der Waals surface area (Å²) in [4.78, 5) is 22.1. The van der Waals surface area contributed by atoms with Crippen LogP contribution in [0.3, 0.4) is 0 Å². The molecular weight excluding hydrogens is 396 g/mol. The Hall–Kier alpha value is -3.72. The SMILES string of the molecule is Cc1cccc(NC(=O)c2ccc(OS(=O)(=O)c3cccc([N+](=O)[O-])c3)cc2)c1. The summed E-state index contributed by atoms with van der Waals surface area (Å²) in [6.45, 7) is 1.91. The lowest BCUT2D eigenvalue weighted by Crippen LogP contribution is -2.12. The maximum Gasteiger partial charge on any atom is 0.339 e. The normalized spacial score (nSPS) is 10.9. The first-order valence-electron chi connectivity index (χ1n) is 8.42. The first-order chi connectivity index (χ1) is 13.7. The van der Waals surface area contributed by atoms with Gasteiger partial charge in [-0.05, 0) is 55.0 Å². The number of nitrogens with one attached hydrogen (secondary N) is 1. The molecule has 0 atom stereocenters. The van der Waals surface area contributed by atoms with Gasteiger partial charge in [0, 0.05) is 23.4 Å². The van der Waals surface area contributed by atoms with E-state index in [0.29, 0.717) is 11.3 Å². The molecule has 3 rings (SSSR count). The number of rotatable bonds is 6. The van der Waals surface area contributed by atoms with E-state index in [9.17, 15) is 23.3 Å². The van der Waals surface area contributed by atoms with Gasteiger partial charge in [0.05, 0.1) is 4.92 Å². The van der Waals surface area contributed by atoms with Crippen molar-refractivity contribution in [3.05, 3.63) is 94.0 Å². The summed E-state index contributed by atoms with van der Waals surface area (Å²) in [6, 6.07) is 17.4. The fourth-order valence-electron chi connectivity index (χ4n) is 2.52. The second kappa shape index (κ2) is 8.11. The monoisotopic (exact) mass is 412 g/mol. The number of carbonyl (C=O) groups is 1. The van der Waals surface area contributed by atoms with Gasteiger partial charge in [-0.25, -0.2) is 0 Å². The summed E-state index contributed by atoms with van der Waals surface area (Å²) in [5.74, 6) is -0.382. The lowest BCUT2D eigenvalue weighted by molar-refractivity contribution is -0.385. The highest BCUT2D eigenvalue weighted by Gasteiger charge is 2.20. The third-order valence-corrected chi connectivity index (χ3v) is 5.16. The van der Waals surface area contributed by atoms with E-state index in [1.165, 1.54) is 42.5 Å². The first-order valence-corrected chi connectivity index (χ1v) is 9.82. The average Bonchev–Trinajstić information content (AvgIpc) is 2.68. The van der Waals surface area contributed by atoms with Crippen LogP contribution in [0, 0.1) is 17.0 Å². The summed E-state index contributed by atoms with van der Waals surface area (Å²) in [6.07, 6.45) is 0. The molecule has 0 aliphatic heterocycles. The maximum absolute atomic E-state index is 12.3. The zero-order chi connectivity index (χ0) is 21.0. The number of amides is 1. The molecule has 1 amide bonds. The molecule has 0 aliphatic carbocycles. The molecule has 0 fully saturated rings. The van der Waals surface area contributed by atoms with E-state index in [-0.39, 0.29) is 22.2 Å². The largest absolute Gasteiger partial charge is 0.379 e. The summed E-state index contributed by atoms with van der Waals surface area (Å²) in [5.41, 5.74) is 1.59. The molecule has 3 aromatic carbocycles. The van der Waals surface area contributed by atoms with E-state index in [1.807, 2.05) is 25.1 Å². The molecule has 0 saturated heterocycles. The lowest BCUT2D eigenvalue weighted by atomic mass is 10.2. The van der Waals surface area contributed by atoms with Crippen LogP contribution >= 0.6 is 0 Å². The predicted octanol–water partition coefficient (Wildman–Crippen LogP) is 3.92. The Kier molecular flexibility index (Phi) is 5.60. The Bertz CT molecular complexity index is 1170. The highest BCUT2D eigenvalue weighted by atomic mass is 32.2. The fraction of sp³-hybridized carbons (Fsp3) is 0.0500. The molecule has 0 bridgehead atoms. The summed E-state index contributed by atoms with van der Waals surface area (Å²) in [7, 11) is -4.26. The highest BCUT2D eigenvalue weighted by molar-refractivity contribution is 7.87. The van der Waals surface area contributed by atoms with Crippen LogP contribution in [0.5, 0.6) is 5.75 Å². The zero-order valence-electron chi connectivity index (χ0n) is 15.2. The van der Waals surface area contributed by atoms with Gasteiger partial charge in [-0.15, -0.1) is 0 Å². The third kappa shape index (κ3) is 4.96. The van der Waals surface area contributed by atoms with Crippen molar-refractivity contribution in [2.24, 2.45) is 0 Å². The number of carbonyl (C=O) groups excluding carboxylic acids is 1. The Morgan fingerprint density at radius 3 is 2.34 bits per heavy atom. The summed E-state index contributed by atoms with van der Waals surface area (Å²) in [5, 5.41) is 13.6. The Labute approximate surface area is 167 Å². The van der Waals surface area contributed by atoms with Crippen LogP contribution in [0.2, 0.25) is 0 Å². The smallest absolute Gasteiger partial charge is 0.339 e. The Morgan fingerprint density at radius 1 is 1.00 bits per heavy atom. The van der Waals surface area contributed by atoms with Crippen molar-refractivity contribution in [2.75, 3.05) is 5.32 Å². The van der Waals surface area contributed by atoms with Gasteiger partial charge in [0.15, 0.2) is 0 Å². The number of nitrogens with zero attached hydrogens (tertiary/aromatic N) is 1. The Morgan fingerprint density at radius 2 is 1.69 bits per heavy atom. The van der Waals surface area contributed by atoms with Crippen molar-refractivity contribution >= 4 is 27.4 Å². The quantitative estimate of drug-likeness (QED) is 0.373. The molecule has 0 radical (unpaired) electrons. The molecule has 0 saturated carbocycles. The number of hydrogen-bond donors (Lipinski definition) is 1. The molecule has 0 spiro atoms. The maximum atomic E-state index is 12.3. The molecular formula is C20H16N2O6S. The zero-order valence-corrected chi connectivity index (χ0v) is 16.0. The minimum Gasteiger partial charge on any atom is -0.379 e. The number of hydrogen-bond acceptors (Lipinski definition) is 6. The molecule has 8 nitrogen and oxygen atoms in total. The molecule has 0 aromatic heterocycles. The van der Waals surface area contributed by atoms with Crippen LogP contribution < -0.4 is 9.50 Å². The second-order valence-corrected chi connectivity index (χ2v) is 7.69. The molecule has 29 heavy (non-hydrogen) atoms. The highest BCUT2D eigenvalue weighted by Crippen LogP contribution is 2.22. The number of nitro benzene ring substituents is 1. The molecule has 1 N–H and O–H groups in total. The third-order valence-electron chi connectivity index (χ3n) is 3.92. The van der Waals surface area contributed by atoms with Crippen LogP contribution in [0.15, 0.2) is 77.7 Å². The molecule has 3 aromatic rings. The molecule has 9 heteroatoms. The number of non-ortho nitro benzene ring substituents is 1. The van der Waals surface area contributed by atoms with E-state index in [4.69, 9.17) is 4.18 Å². The van der Waals surface area contributed by atoms with Crippen LogP contribution in [0.1, 0.15) is 15.9 Å². The van der Waals surface area contributed by atoms with Crippen molar-refractivity contribution in [1.82, 2.24) is 0 Å². The van der Waals surface area contributed by atoms with Crippen molar-refractivity contribution in [3.8, 4) is 5.75 Å². The first kappa shape index (κ1) is 20.0. The van der Waals surface area contributed by atoms with Crippen LogP contribution in [-0.2, 0) is 10.1 Å². The van der Waals surface area contributed by atoms with Gasteiger partial charge in [0.2, 0.25) is 0 Å². The van der Waals surface area contributed by atoms with Crippen molar-refractivity contribution in [3.63, 3.8) is 0 Å². The number of nitro groups is 1. The number of aryl methyl sites for hydroxylation is 1. The van der Waals surface area contributed by atoms with Crippen LogP contribution in [0.25, 0.3) is 0 Å². The molecule has 0 heterocycles. The van der Waals surface area contributed by atoms with E-state index in [2.05, 4.69) is 5.32 Å². The van der Waals surface area contributed by atoms with Gasteiger partial charge in [-0.3, -0.25) is 14.9 Å². The summed E-state index contributed by atoms with van der Waals surface area (Å²) >= 11 is 0. The minimum atomic E-state index is -4.26. The van der Waals surface area contributed by atoms with E-state index in [0.717, 1.165) is 11.6 Å². The standard InChI is InChI=1S/C20H16N2O6S/c1-14-4-2-5-16(12-14)21-20(23)15-8-10-18(11-9-15)28-29(26,27)19-7-3-6-17(13-19)22(24)25/h2-13H,1H3,(H,21,23). The summed E-state index contributed by atoms with van der Waals surface area (Å²) < 4.78 is 29.7. The van der Waals surface area contributed by atoms with Gasteiger partial charge in [-0.2, -0.15) is 8.42 Å². The fourth-order valence-corrected chi connectivity index (χ4v) is 3.49. The van der Waals surface area contributed by atoms with Gasteiger partial charge in [0.25, 0.3) is 11.6 Å². The lowest BCUT2D eigenvalue weighted by Gasteiger charge is -2.09. The van der Waals surface area contributed by atoms with Crippen molar-refractivity contribution in [1.29, 1.82) is 0 Å². The van der Waals surface area contributed by atoms with Crippen molar-refractivity contribution < 1.29 is 22.3 Å².